The predicted molar refractivity (Wildman–Crippen MR) is 141 cm³/mol. The molecule has 1 aromatic carbocycles. The van der Waals surface area contributed by atoms with E-state index in [1.807, 2.05) is 4.72 Å². The molecule has 2 N–H and O–H groups in total. The average Bonchev–Trinajstić information content (AvgIpc) is 2.89. The number of methoxy groups -OCH3 is 2. The monoisotopic (exact) mass is 566 g/mol. The first-order chi connectivity index (χ1) is 18.6. The number of ether oxygens (including phenoxy) is 4. The van der Waals surface area contributed by atoms with Crippen LogP contribution in [0.2, 0.25) is 0 Å². The molecule has 0 aliphatic carbocycles. The Hall–Kier alpha value is -3.78. The van der Waals surface area contributed by atoms with Gasteiger partial charge in [0.2, 0.25) is 11.7 Å². The van der Waals surface area contributed by atoms with Crippen molar-refractivity contribution in [2.45, 2.75) is 57.1 Å². The minimum atomic E-state index is -4.05. The first-order valence-electron chi connectivity index (χ1n) is 12.4. The normalized spacial score (nSPS) is 14.4. The van der Waals surface area contributed by atoms with Gasteiger partial charge in [0.1, 0.15) is 11.9 Å². The molecule has 1 amide bonds. The third-order valence-electron chi connectivity index (χ3n) is 5.61. The maximum absolute atomic E-state index is 12.5. The van der Waals surface area contributed by atoms with Crippen molar-refractivity contribution >= 4 is 33.6 Å². The molecule has 14 heteroatoms. The fourth-order valence-electron chi connectivity index (χ4n) is 3.70. The highest BCUT2D eigenvalue weighted by atomic mass is 32.2. The van der Waals surface area contributed by atoms with Crippen LogP contribution in [0.1, 0.15) is 40.0 Å². The molecule has 1 aromatic heterocycles. The molecule has 0 bridgehead atoms. The van der Waals surface area contributed by atoms with Crippen molar-refractivity contribution in [2.24, 2.45) is 0 Å². The van der Waals surface area contributed by atoms with Crippen LogP contribution in [0, 0.1) is 0 Å². The van der Waals surface area contributed by atoms with E-state index in [1.54, 1.807) is 38.1 Å². The van der Waals surface area contributed by atoms with Crippen LogP contribution in [-0.4, -0.2) is 70.0 Å². The molecule has 1 saturated heterocycles. The topological polar surface area (TPSA) is 155 Å². The highest BCUT2D eigenvalue weighted by Crippen LogP contribution is 2.38. The van der Waals surface area contributed by atoms with Gasteiger partial charge in [-0.2, -0.15) is 0 Å². The van der Waals surface area contributed by atoms with Crippen LogP contribution in [0.5, 0.6) is 17.2 Å². The summed E-state index contributed by atoms with van der Waals surface area (Å²) in [6.07, 6.45) is 1.61. The van der Waals surface area contributed by atoms with E-state index in [-0.39, 0.29) is 29.3 Å². The zero-order chi connectivity index (χ0) is 28.6. The molecular formula is C25H34N4O9S. The van der Waals surface area contributed by atoms with Crippen LogP contribution in [0.4, 0.5) is 16.3 Å². The second-order valence-corrected chi connectivity index (χ2v) is 10.5. The average molecular weight is 567 g/mol. The molecule has 0 unspecified atom stereocenters. The number of pyridine rings is 1. The predicted octanol–water partition coefficient (Wildman–Crippen LogP) is 3.38. The molecule has 13 nitrogen and oxygen atoms in total. The summed E-state index contributed by atoms with van der Waals surface area (Å²) in [5.74, 6) is 0.703. The van der Waals surface area contributed by atoms with Crippen LogP contribution in [0.3, 0.4) is 0 Å². The van der Waals surface area contributed by atoms with Crippen molar-refractivity contribution < 1.29 is 41.8 Å². The number of sulfonamides is 1. The Kier molecular flexibility index (Phi) is 10.2. The Balaban J connectivity index is 1.71. The number of hydrogen-bond donors (Lipinski definition) is 2. The highest BCUT2D eigenvalue weighted by Gasteiger charge is 2.26. The molecule has 0 radical (unpaired) electrons. The van der Waals surface area contributed by atoms with Crippen LogP contribution < -0.4 is 24.2 Å². The Labute approximate surface area is 227 Å². The van der Waals surface area contributed by atoms with Gasteiger partial charge in [0, 0.05) is 50.7 Å². The summed E-state index contributed by atoms with van der Waals surface area (Å²) in [6.45, 7) is 6.00. The van der Waals surface area contributed by atoms with Crippen LogP contribution in [0.15, 0.2) is 35.4 Å². The summed E-state index contributed by atoms with van der Waals surface area (Å²) in [5.41, 5.74) is 0.417. The molecule has 1 aliphatic heterocycles. The fraction of sp³-hybridized carbons (Fsp3) is 0.480. The van der Waals surface area contributed by atoms with E-state index in [9.17, 15) is 18.0 Å². The molecule has 3 rings (SSSR count). The van der Waals surface area contributed by atoms with Gasteiger partial charge in [0.05, 0.1) is 30.9 Å². The number of amides is 1. The molecule has 0 saturated carbocycles. The number of rotatable bonds is 11. The van der Waals surface area contributed by atoms with Gasteiger partial charge >= 0.3 is 6.16 Å². The van der Waals surface area contributed by atoms with E-state index in [2.05, 4.69) is 10.3 Å². The first kappa shape index (κ1) is 29.8. The number of carbonyl (C=O) groups is 2. The number of hydroxylamine groups is 2. The summed E-state index contributed by atoms with van der Waals surface area (Å²) in [4.78, 5) is 32.8. The minimum absolute atomic E-state index is 0.0275. The lowest BCUT2D eigenvalue weighted by atomic mass is 10.1. The number of nitrogens with zero attached hydrogens (tertiary/aromatic N) is 2. The van der Waals surface area contributed by atoms with Gasteiger partial charge in [-0.3, -0.25) is 4.79 Å². The number of carbonyl (C=O) groups excluding carboxylic acids is 2. The van der Waals surface area contributed by atoms with Crippen molar-refractivity contribution in [2.75, 3.05) is 32.6 Å². The third kappa shape index (κ3) is 8.10. The Morgan fingerprint density at radius 1 is 1.10 bits per heavy atom. The van der Waals surface area contributed by atoms with Gasteiger partial charge in [0.25, 0.3) is 10.0 Å². The molecule has 2 aromatic rings. The first-order valence-corrected chi connectivity index (χ1v) is 13.9. The Morgan fingerprint density at radius 2 is 1.82 bits per heavy atom. The molecule has 2 heterocycles. The van der Waals surface area contributed by atoms with Gasteiger partial charge in [-0.25, -0.2) is 22.9 Å². The smallest absolute Gasteiger partial charge is 0.495 e. The molecule has 1 fully saturated rings. The van der Waals surface area contributed by atoms with Crippen LogP contribution in [0.25, 0.3) is 0 Å². The van der Waals surface area contributed by atoms with Gasteiger partial charge in [-0.1, -0.05) is 6.92 Å². The fourth-order valence-corrected chi connectivity index (χ4v) is 4.77. The number of piperidine rings is 1. The minimum Gasteiger partial charge on any atom is -0.495 e. The van der Waals surface area contributed by atoms with Crippen LogP contribution in [-0.2, 0) is 24.4 Å². The molecule has 0 atom stereocenters. The summed E-state index contributed by atoms with van der Waals surface area (Å²) in [6, 6.07) is 5.82. The van der Waals surface area contributed by atoms with Gasteiger partial charge in [-0.05, 0) is 26.0 Å². The van der Waals surface area contributed by atoms with Crippen LogP contribution >= 0.6 is 0 Å². The van der Waals surface area contributed by atoms with E-state index >= 15 is 0 Å². The van der Waals surface area contributed by atoms with Gasteiger partial charge in [0.15, 0.2) is 11.6 Å². The number of nitrogens with one attached hydrogen (secondary N) is 2. The van der Waals surface area contributed by atoms with Crippen molar-refractivity contribution in [3.63, 3.8) is 0 Å². The zero-order valence-electron chi connectivity index (χ0n) is 22.6. The highest BCUT2D eigenvalue weighted by molar-refractivity contribution is 7.90. The molecular weight excluding hydrogens is 532 g/mol. The van der Waals surface area contributed by atoms with Gasteiger partial charge in [-0.15, -0.1) is 5.06 Å². The largest absolute Gasteiger partial charge is 0.528 e. The summed E-state index contributed by atoms with van der Waals surface area (Å²) < 4.78 is 49.1. The summed E-state index contributed by atoms with van der Waals surface area (Å²) in [7, 11) is -1.18. The van der Waals surface area contributed by atoms with E-state index in [1.165, 1.54) is 32.4 Å². The second-order valence-electron chi connectivity index (χ2n) is 8.81. The zero-order valence-corrected chi connectivity index (χ0v) is 23.4. The van der Waals surface area contributed by atoms with Gasteiger partial charge < -0.3 is 29.1 Å². The quantitative estimate of drug-likeness (QED) is 0.383. The van der Waals surface area contributed by atoms with Crippen molar-refractivity contribution in [1.82, 2.24) is 14.8 Å². The van der Waals surface area contributed by atoms with E-state index in [0.29, 0.717) is 48.9 Å². The maximum atomic E-state index is 12.5. The van der Waals surface area contributed by atoms with E-state index < -0.39 is 22.1 Å². The molecule has 214 valence electrons. The van der Waals surface area contributed by atoms with E-state index in [0.717, 1.165) is 0 Å². The summed E-state index contributed by atoms with van der Waals surface area (Å²) >= 11 is 0. The lowest BCUT2D eigenvalue weighted by Crippen LogP contribution is -2.39. The summed E-state index contributed by atoms with van der Waals surface area (Å²) in [5, 5.41) is 4.64. The number of benzene rings is 1. The molecule has 0 spiro atoms. The van der Waals surface area contributed by atoms with Crippen molar-refractivity contribution in [3.05, 3.63) is 30.5 Å². The number of anilines is 2. The SMILES string of the molecule is CCC(=O)NS(=O)(=O)c1ccc(Nc2nccc(OC3CCN(OC(=O)OC(C)C)CC3)c2OC)c(OC)c1. The second kappa shape index (κ2) is 13.3. The Bertz CT molecular complexity index is 1260. The third-order valence-corrected chi connectivity index (χ3v) is 6.98. The maximum Gasteiger partial charge on any atom is 0.528 e. The standard InChI is InChI=1S/C25H34N4O9S/c1-6-22(30)28-39(32,33)18-7-8-19(21(15-18)34-4)27-24-23(35-5)20(9-12-26-24)37-17-10-13-29(14-11-17)38-25(31)36-16(2)3/h7-9,12,15-17H,6,10-11,13-14H2,1-5H3,(H,26,27)(H,28,30). The molecule has 1 aliphatic rings. The number of hydrogen-bond acceptors (Lipinski definition) is 12. The van der Waals surface area contributed by atoms with Crippen molar-refractivity contribution in [1.29, 1.82) is 0 Å². The molecule has 39 heavy (non-hydrogen) atoms. The lowest BCUT2D eigenvalue weighted by Gasteiger charge is -2.30. The van der Waals surface area contributed by atoms with Crippen molar-refractivity contribution in [3.8, 4) is 17.2 Å². The number of aromatic nitrogens is 1. The Morgan fingerprint density at radius 3 is 2.44 bits per heavy atom. The van der Waals surface area contributed by atoms with E-state index in [4.69, 9.17) is 23.8 Å². The lowest BCUT2D eigenvalue weighted by molar-refractivity contribution is -0.151.